The fourth-order valence-electron chi connectivity index (χ4n) is 1.33. The minimum atomic E-state index is -0.425. The molecule has 100 valence electrons. The molecule has 1 amide bonds. The molecular weight excluding hydrogens is 218 g/mol. The molecule has 0 aliphatic heterocycles. The van der Waals surface area contributed by atoms with Crippen LogP contribution < -0.4 is 22.5 Å². The predicted molar refractivity (Wildman–Crippen MR) is 70.4 cm³/mol. The second-order valence-corrected chi connectivity index (χ2v) is 4.05. The van der Waals surface area contributed by atoms with Crippen molar-refractivity contribution in [3.8, 4) is 0 Å². The number of hydrogen-bond acceptors (Lipinski definition) is 3. The van der Waals surface area contributed by atoms with Crippen molar-refractivity contribution in [2.45, 2.75) is 45.1 Å². The number of nitrogens with zero attached hydrogens (tertiary/aromatic N) is 1. The van der Waals surface area contributed by atoms with E-state index in [-0.39, 0.29) is 11.9 Å². The molecule has 6 nitrogen and oxygen atoms in total. The topological polar surface area (TPSA) is 120 Å². The molecule has 6 heteroatoms. The molecule has 1 unspecified atom stereocenters. The average molecular weight is 243 g/mol. The summed E-state index contributed by atoms with van der Waals surface area (Å²) >= 11 is 0. The number of amides is 1. The summed E-state index contributed by atoms with van der Waals surface area (Å²) in [5, 5.41) is 2.81. The van der Waals surface area contributed by atoms with Crippen molar-refractivity contribution >= 4 is 11.9 Å². The molecule has 1 atom stereocenters. The summed E-state index contributed by atoms with van der Waals surface area (Å²) in [6.45, 7) is 3.37. The van der Waals surface area contributed by atoms with Crippen LogP contribution in [-0.2, 0) is 4.79 Å². The highest BCUT2D eigenvalue weighted by Crippen LogP contribution is 1.99. The van der Waals surface area contributed by atoms with Crippen molar-refractivity contribution in [2.24, 2.45) is 22.2 Å². The third-order valence-corrected chi connectivity index (χ3v) is 2.38. The molecule has 0 rings (SSSR count). The summed E-state index contributed by atoms with van der Waals surface area (Å²) in [4.78, 5) is 15.3. The summed E-state index contributed by atoms with van der Waals surface area (Å²) < 4.78 is 0. The number of carbonyl (C=O) groups is 1. The molecule has 0 aliphatic rings. The van der Waals surface area contributed by atoms with Gasteiger partial charge in [-0.15, -0.1) is 0 Å². The van der Waals surface area contributed by atoms with E-state index in [1.54, 1.807) is 0 Å². The van der Waals surface area contributed by atoms with E-state index in [4.69, 9.17) is 17.2 Å². The fourth-order valence-corrected chi connectivity index (χ4v) is 1.33. The number of aliphatic imine (C=N–C) groups is 1. The summed E-state index contributed by atoms with van der Waals surface area (Å²) in [6, 6.07) is -0.425. The first-order valence-corrected chi connectivity index (χ1v) is 6.16. The summed E-state index contributed by atoms with van der Waals surface area (Å²) in [7, 11) is 0. The number of nitrogens with two attached hydrogens (primary N) is 3. The first-order valence-electron chi connectivity index (χ1n) is 6.16. The van der Waals surface area contributed by atoms with Crippen LogP contribution in [0, 0.1) is 0 Å². The van der Waals surface area contributed by atoms with Crippen molar-refractivity contribution in [1.82, 2.24) is 5.32 Å². The number of nitrogens with one attached hydrogen (secondary N) is 1. The third-order valence-electron chi connectivity index (χ3n) is 2.38. The van der Waals surface area contributed by atoms with Crippen molar-refractivity contribution in [3.63, 3.8) is 0 Å². The fraction of sp³-hybridized carbons (Fsp3) is 0.818. The largest absolute Gasteiger partial charge is 0.370 e. The third kappa shape index (κ3) is 9.62. The van der Waals surface area contributed by atoms with Gasteiger partial charge < -0.3 is 22.5 Å². The van der Waals surface area contributed by atoms with Crippen LogP contribution in [0.4, 0.5) is 0 Å². The first-order chi connectivity index (χ1) is 8.07. The Hall–Kier alpha value is -1.30. The van der Waals surface area contributed by atoms with E-state index in [1.807, 2.05) is 0 Å². The Morgan fingerprint density at radius 3 is 2.59 bits per heavy atom. The average Bonchev–Trinajstić information content (AvgIpc) is 2.28. The Labute approximate surface area is 103 Å². The Bertz CT molecular complexity index is 238. The number of carbonyl (C=O) groups excluding carboxylic acids is 1. The smallest absolute Gasteiger partial charge is 0.236 e. The van der Waals surface area contributed by atoms with Crippen molar-refractivity contribution < 1.29 is 4.79 Å². The van der Waals surface area contributed by atoms with E-state index in [0.717, 1.165) is 25.7 Å². The van der Waals surface area contributed by atoms with Crippen LogP contribution >= 0.6 is 0 Å². The number of unbranched alkanes of at least 4 members (excludes halogenated alkanes) is 2. The lowest BCUT2D eigenvalue weighted by atomic mass is 10.1. The van der Waals surface area contributed by atoms with Gasteiger partial charge in [-0.3, -0.25) is 9.79 Å². The first kappa shape index (κ1) is 15.7. The van der Waals surface area contributed by atoms with Crippen LogP contribution in [0.25, 0.3) is 0 Å². The van der Waals surface area contributed by atoms with Crippen LogP contribution in [0.3, 0.4) is 0 Å². The van der Waals surface area contributed by atoms with E-state index < -0.39 is 6.04 Å². The van der Waals surface area contributed by atoms with Gasteiger partial charge in [0.2, 0.25) is 5.91 Å². The van der Waals surface area contributed by atoms with Crippen LogP contribution in [0.2, 0.25) is 0 Å². The Balaban J connectivity index is 3.53. The van der Waals surface area contributed by atoms with Gasteiger partial charge >= 0.3 is 0 Å². The van der Waals surface area contributed by atoms with E-state index in [9.17, 15) is 4.79 Å². The Kier molecular flexibility index (Phi) is 9.14. The summed E-state index contributed by atoms with van der Waals surface area (Å²) in [5.41, 5.74) is 16.1. The maximum atomic E-state index is 11.5. The van der Waals surface area contributed by atoms with Gasteiger partial charge in [-0.2, -0.15) is 0 Å². The monoisotopic (exact) mass is 243 g/mol. The second-order valence-electron chi connectivity index (χ2n) is 4.05. The van der Waals surface area contributed by atoms with Gasteiger partial charge in [-0.05, 0) is 25.7 Å². The zero-order valence-corrected chi connectivity index (χ0v) is 10.6. The van der Waals surface area contributed by atoms with Crippen molar-refractivity contribution in [1.29, 1.82) is 0 Å². The lowest BCUT2D eigenvalue weighted by Gasteiger charge is -2.11. The van der Waals surface area contributed by atoms with Gasteiger partial charge in [0, 0.05) is 13.1 Å². The minimum Gasteiger partial charge on any atom is -0.370 e. The highest BCUT2D eigenvalue weighted by Gasteiger charge is 2.11. The van der Waals surface area contributed by atoms with Gasteiger partial charge in [-0.1, -0.05) is 13.3 Å². The quantitative estimate of drug-likeness (QED) is 0.252. The zero-order valence-electron chi connectivity index (χ0n) is 10.6. The Morgan fingerprint density at radius 1 is 1.29 bits per heavy atom. The molecule has 17 heavy (non-hydrogen) atoms. The van der Waals surface area contributed by atoms with Gasteiger partial charge in [0.25, 0.3) is 0 Å². The van der Waals surface area contributed by atoms with Gasteiger partial charge in [0.05, 0.1) is 6.04 Å². The van der Waals surface area contributed by atoms with Gasteiger partial charge in [-0.25, -0.2) is 0 Å². The Morgan fingerprint density at radius 2 is 2.00 bits per heavy atom. The normalized spacial score (nSPS) is 11.9. The molecule has 0 saturated heterocycles. The van der Waals surface area contributed by atoms with Crippen LogP contribution in [-0.4, -0.2) is 31.0 Å². The predicted octanol–water partition coefficient (Wildman–Crippen LogP) is -0.326. The van der Waals surface area contributed by atoms with Gasteiger partial charge in [0.1, 0.15) is 0 Å². The summed E-state index contributed by atoms with van der Waals surface area (Å²) in [6.07, 6.45) is 4.40. The standard InChI is InChI=1S/C11H25N5O/c1-2-3-7-15-10(17)9(12)6-4-5-8-16-11(13)14/h9H,2-8,12H2,1H3,(H,15,17)(H4,13,14,16). The molecule has 0 aromatic rings. The van der Waals surface area contributed by atoms with Crippen LogP contribution in [0.1, 0.15) is 39.0 Å². The molecule has 0 aromatic carbocycles. The maximum Gasteiger partial charge on any atom is 0.236 e. The van der Waals surface area contributed by atoms with Crippen LogP contribution in [0.15, 0.2) is 4.99 Å². The second kappa shape index (κ2) is 9.89. The van der Waals surface area contributed by atoms with E-state index in [2.05, 4.69) is 17.2 Å². The van der Waals surface area contributed by atoms with E-state index in [1.165, 1.54) is 0 Å². The zero-order chi connectivity index (χ0) is 13.1. The molecule has 0 bridgehead atoms. The number of rotatable bonds is 9. The minimum absolute atomic E-state index is 0.0692. The van der Waals surface area contributed by atoms with Crippen molar-refractivity contribution in [2.75, 3.05) is 13.1 Å². The number of hydrogen-bond donors (Lipinski definition) is 4. The number of guanidine groups is 1. The highest BCUT2D eigenvalue weighted by atomic mass is 16.2. The lowest BCUT2D eigenvalue weighted by Crippen LogP contribution is -2.40. The van der Waals surface area contributed by atoms with Gasteiger partial charge in [0.15, 0.2) is 5.96 Å². The summed E-state index contributed by atoms with van der Waals surface area (Å²) in [5.74, 6) is 0.0342. The maximum absolute atomic E-state index is 11.5. The van der Waals surface area contributed by atoms with Crippen molar-refractivity contribution in [3.05, 3.63) is 0 Å². The molecule has 0 saturated carbocycles. The molecule has 0 aromatic heterocycles. The SMILES string of the molecule is CCCCNC(=O)C(N)CCCCN=C(N)N. The lowest BCUT2D eigenvalue weighted by molar-refractivity contribution is -0.122. The molecule has 7 N–H and O–H groups in total. The van der Waals surface area contributed by atoms with E-state index >= 15 is 0 Å². The highest BCUT2D eigenvalue weighted by molar-refractivity contribution is 5.81. The molecule has 0 heterocycles. The molecule has 0 spiro atoms. The molecule has 0 fully saturated rings. The molecular formula is C11H25N5O. The van der Waals surface area contributed by atoms with Crippen LogP contribution in [0.5, 0.6) is 0 Å². The molecule has 0 radical (unpaired) electrons. The molecule has 0 aliphatic carbocycles. The van der Waals surface area contributed by atoms with E-state index in [0.29, 0.717) is 19.5 Å².